The van der Waals surface area contributed by atoms with Crippen molar-refractivity contribution in [1.29, 1.82) is 0 Å². The fraction of sp³-hybridized carbons (Fsp3) is 0.250. The highest BCUT2D eigenvalue weighted by Crippen LogP contribution is 2.21. The minimum atomic E-state index is -0.563. The summed E-state index contributed by atoms with van der Waals surface area (Å²) < 4.78 is 0. The molecule has 0 saturated carbocycles. The van der Waals surface area contributed by atoms with Gasteiger partial charge in [0.05, 0.1) is 6.10 Å². The van der Waals surface area contributed by atoms with Gasteiger partial charge in [0.15, 0.2) is 0 Å². The molecule has 3 nitrogen and oxygen atoms in total. The summed E-state index contributed by atoms with van der Waals surface area (Å²) in [6.07, 6.45) is 2.39. The average molecular weight is 274 g/mol. The second-order valence-corrected chi connectivity index (χ2v) is 4.44. The van der Waals surface area contributed by atoms with E-state index in [1.54, 1.807) is 31.2 Å². The van der Waals surface area contributed by atoms with Gasteiger partial charge in [-0.1, -0.05) is 29.3 Å². The lowest BCUT2D eigenvalue weighted by molar-refractivity contribution is -0.116. The molecule has 0 spiro atoms. The molecule has 1 atom stereocenters. The lowest BCUT2D eigenvalue weighted by Crippen LogP contribution is -2.28. The number of carbonyl (C=O) groups excluding carboxylic acids is 1. The van der Waals surface area contributed by atoms with Gasteiger partial charge in [0.25, 0.3) is 0 Å². The number of carbonyl (C=O) groups is 1. The van der Waals surface area contributed by atoms with Crippen molar-refractivity contribution in [3.05, 3.63) is 39.9 Å². The van der Waals surface area contributed by atoms with E-state index in [0.717, 1.165) is 0 Å². The Bertz CT molecular complexity index is 431. The van der Waals surface area contributed by atoms with Gasteiger partial charge in [-0.3, -0.25) is 4.79 Å². The third-order valence-corrected chi connectivity index (χ3v) is 2.51. The molecule has 0 saturated heterocycles. The number of rotatable bonds is 4. The van der Waals surface area contributed by atoms with Gasteiger partial charge in [0, 0.05) is 22.7 Å². The summed E-state index contributed by atoms with van der Waals surface area (Å²) >= 11 is 11.7. The molecule has 5 heteroatoms. The predicted molar refractivity (Wildman–Crippen MR) is 70.2 cm³/mol. The van der Waals surface area contributed by atoms with Gasteiger partial charge >= 0.3 is 0 Å². The maximum Gasteiger partial charge on any atom is 0.244 e. The van der Waals surface area contributed by atoms with Crippen LogP contribution >= 0.6 is 23.2 Å². The maximum absolute atomic E-state index is 11.3. The number of benzene rings is 1. The second-order valence-electron chi connectivity index (χ2n) is 3.59. The standard InChI is InChI=1S/C12H13Cl2NO2/c1-8(16)7-15-12(17)5-3-9-2-4-10(13)6-11(9)14/h2-6,8,16H,7H2,1H3,(H,15,17)/b5-3+. The zero-order chi connectivity index (χ0) is 12.8. The van der Waals surface area contributed by atoms with Crippen LogP contribution in [0.25, 0.3) is 6.08 Å². The molecule has 0 aliphatic rings. The Kier molecular flexibility index (Phi) is 5.48. The van der Waals surface area contributed by atoms with E-state index in [-0.39, 0.29) is 12.5 Å². The number of aliphatic hydroxyl groups is 1. The highest BCUT2D eigenvalue weighted by atomic mass is 35.5. The molecule has 0 aliphatic heterocycles. The van der Waals surface area contributed by atoms with Crippen LogP contribution in [0.15, 0.2) is 24.3 Å². The van der Waals surface area contributed by atoms with Gasteiger partial charge in [0.1, 0.15) is 0 Å². The summed E-state index contributed by atoms with van der Waals surface area (Å²) in [5.74, 6) is -0.281. The molecule has 1 amide bonds. The molecular formula is C12H13Cl2NO2. The molecule has 1 aromatic carbocycles. The van der Waals surface area contributed by atoms with Crippen molar-refractivity contribution in [3.63, 3.8) is 0 Å². The van der Waals surface area contributed by atoms with Gasteiger partial charge in [-0.15, -0.1) is 0 Å². The molecule has 0 fully saturated rings. The van der Waals surface area contributed by atoms with Crippen molar-refractivity contribution in [2.75, 3.05) is 6.54 Å². The Hall–Kier alpha value is -1.03. The highest BCUT2D eigenvalue weighted by molar-refractivity contribution is 6.35. The van der Waals surface area contributed by atoms with E-state index in [4.69, 9.17) is 28.3 Å². The first-order chi connectivity index (χ1) is 7.99. The molecular weight excluding hydrogens is 261 g/mol. The van der Waals surface area contributed by atoms with E-state index in [1.807, 2.05) is 0 Å². The monoisotopic (exact) mass is 273 g/mol. The van der Waals surface area contributed by atoms with Crippen LogP contribution in [0.5, 0.6) is 0 Å². The summed E-state index contributed by atoms with van der Waals surface area (Å²) in [5, 5.41) is 12.6. The summed E-state index contributed by atoms with van der Waals surface area (Å²) in [4.78, 5) is 11.3. The third kappa shape index (κ3) is 5.22. The zero-order valence-electron chi connectivity index (χ0n) is 9.28. The Labute approximate surface area is 110 Å². The number of nitrogens with one attached hydrogen (secondary N) is 1. The first-order valence-corrected chi connectivity index (χ1v) is 5.83. The minimum absolute atomic E-state index is 0.220. The van der Waals surface area contributed by atoms with Crippen molar-refractivity contribution < 1.29 is 9.90 Å². The van der Waals surface area contributed by atoms with Crippen LogP contribution in [0, 0.1) is 0 Å². The van der Waals surface area contributed by atoms with Crippen molar-refractivity contribution in [2.24, 2.45) is 0 Å². The summed E-state index contributed by atoms with van der Waals surface area (Å²) in [6.45, 7) is 1.82. The molecule has 0 aromatic heterocycles. The van der Waals surface area contributed by atoms with E-state index in [1.165, 1.54) is 6.08 Å². The number of amides is 1. The van der Waals surface area contributed by atoms with Gasteiger partial charge in [-0.25, -0.2) is 0 Å². The Morgan fingerprint density at radius 1 is 1.53 bits per heavy atom. The molecule has 1 aromatic rings. The van der Waals surface area contributed by atoms with E-state index in [9.17, 15) is 4.79 Å². The zero-order valence-corrected chi connectivity index (χ0v) is 10.8. The van der Waals surface area contributed by atoms with Crippen molar-refractivity contribution >= 4 is 35.2 Å². The first kappa shape index (κ1) is 14.0. The SMILES string of the molecule is CC(O)CNC(=O)/C=C/c1ccc(Cl)cc1Cl. The summed E-state index contributed by atoms with van der Waals surface area (Å²) in [6, 6.07) is 5.03. The lowest BCUT2D eigenvalue weighted by Gasteiger charge is -2.04. The molecule has 0 aliphatic carbocycles. The first-order valence-electron chi connectivity index (χ1n) is 5.08. The van der Waals surface area contributed by atoms with Crippen LogP contribution in [0.3, 0.4) is 0 Å². The van der Waals surface area contributed by atoms with E-state index in [0.29, 0.717) is 15.6 Å². The van der Waals surface area contributed by atoms with E-state index < -0.39 is 6.10 Å². The van der Waals surface area contributed by atoms with Gasteiger partial charge in [-0.05, 0) is 30.7 Å². The molecule has 1 rings (SSSR count). The summed E-state index contributed by atoms with van der Waals surface area (Å²) in [5.41, 5.74) is 0.711. The fourth-order valence-electron chi connectivity index (χ4n) is 1.11. The van der Waals surface area contributed by atoms with Gasteiger partial charge in [0.2, 0.25) is 5.91 Å². The van der Waals surface area contributed by atoms with Crippen LogP contribution in [0.2, 0.25) is 10.0 Å². The Morgan fingerprint density at radius 2 is 2.24 bits per heavy atom. The molecule has 2 N–H and O–H groups in total. The number of hydrogen-bond acceptors (Lipinski definition) is 2. The Balaban J connectivity index is 2.61. The van der Waals surface area contributed by atoms with Crippen LogP contribution < -0.4 is 5.32 Å². The normalized spacial score (nSPS) is 12.7. The van der Waals surface area contributed by atoms with E-state index in [2.05, 4.69) is 5.32 Å². The largest absolute Gasteiger partial charge is 0.392 e. The smallest absolute Gasteiger partial charge is 0.244 e. The van der Waals surface area contributed by atoms with Crippen molar-refractivity contribution in [3.8, 4) is 0 Å². The van der Waals surface area contributed by atoms with Gasteiger partial charge < -0.3 is 10.4 Å². The quantitative estimate of drug-likeness (QED) is 0.829. The van der Waals surface area contributed by atoms with Crippen LogP contribution in [-0.4, -0.2) is 23.7 Å². The molecule has 1 unspecified atom stereocenters. The molecule has 0 radical (unpaired) electrons. The van der Waals surface area contributed by atoms with Crippen molar-refractivity contribution in [2.45, 2.75) is 13.0 Å². The fourth-order valence-corrected chi connectivity index (χ4v) is 1.58. The Morgan fingerprint density at radius 3 is 2.82 bits per heavy atom. The molecule has 0 heterocycles. The van der Waals surface area contributed by atoms with Crippen LogP contribution in [0.1, 0.15) is 12.5 Å². The maximum atomic E-state index is 11.3. The highest BCUT2D eigenvalue weighted by Gasteiger charge is 2.00. The molecule has 17 heavy (non-hydrogen) atoms. The lowest BCUT2D eigenvalue weighted by atomic mass is 10.2. The number of hydrogen-bond donors (Lipinski definition) is 2. The predicted octanol–water partition coefficient (Wildman–Crippen LogP) is 2.50. The van der Waals surface area contributed by atoms with Gasteiger partial charge in [-0.2, -0.15) is 0 Å². The van der Waals surface area contributed by atoms with Crippen LogP contribution in [-0.2, 0) is 4.79 Å². The van der Waals surface area contributed by atoms with Crippen molar-refractivity contribution in [1.82, 2.24) is 5.32 Å². The van der Waals surface area contributed by atoms with E-state index >= 15 is 0 Å². The number of halogens is 2. The molecule has 92 valence electrons. The minimum Gasteiger partial charge on any atom is -0.392 e. The van der Waals surface area contributed by atoms with Crippen LogP contribution in [0.4, 0.5) is 0 Å². The molecule has 0 bridgehead atoms. The average Bonchev–Trinajstić information content (AvgIpc) is 2.25. The third-order valence-electron chi connectivity index (χ3n) is 1.95. The number of aliphatic hydroxyl groups excluding tert-OH is 1. The summed E-state index contributed by atoms with van der Waals surface area (Å²) in [7, 11) is 0. The second kappa shape index (κ2) is 6.64. The topological polar surface area (TPSA) is 49.3 Å².